The number of pyridine rings is 1. The number of aromatic nitrogens is 1. The topological polar surface area (TPSA) is 33.1 Å². The van der Waals surface area contributed by atoms with E-state index >= 15 is 0 Å². The van der Waals surface area contributed by atoms with E-state index in [4.69, 9.17) is 46.4 Å². The van der Waals surface area contributed by atoms with Crippen molar-refractivity contribution < 1.29 is 5.11 Å². The molecule has 18 heavy (non-hydrogen) atoms. The summed E-state index contributed by atoms with van der Waals surface area (Å²) in [6.07, 6.45) is 1.45. The van der Waals surface area contributed by atoms with Crippen LogP contribution in [0.1, 0.15) is 5.56 Å². The molecule has 1 aromatic heterocycles. The van der Waals surface area contributed by atoms with Gasteiger partial charge in [0, 0.05) is 16.8 Å². The molecular weight excluding hydrogens is 316 g/mol. The van der Waals surface area contributed by atoms with Gasteiger partial charge in [-0.3, -0.25) is 4.98 Å². The second-order valence-corrected chi connectivity index (χ2v) is 5.22. The van der Waals surface area contributed by atoms with Crippen LogP contribution in [-0.4, -0.2) is 10.1 Å². The lowest BCUT2D eigenvalue weighted by molar-refractivity contribution is 0.282. The number of nitrogens with zero attached hydrogens (tertiary/aromatic N) is 1. The Balaban J connectivity index is 2.62. The highest BCUT2D eigenvalue weighted by Gasteiger charge is 2.13. The molecule has 0 atom stereocenters. The Kier molecular flexibility index (Phi) is 4.36. The summed E-state index contributed by atoms with van der Waals surface area (Å²) in [6, 6.07) is 4.81. The first-order valence-corrected chi connectivity index (χ1v) is 6.44. The minimum absolute atomic E-state index is 0.183. The molecule has 2 rings (SSSR count). The van der Waals surface area contributed by atoms with Gasteiger partial charge in [0.1, 0.15) is 0 Å². The molecule has 2 aromatic rings. The molecule has 0 fully saturated rings. The second-order valence-electron chi connectivity index (χ2n) is 3.56. The molecule has 0 bridgehead atoms. The van der Waals surface area contributed by atoms with Gasteiger partial charge in [-0.05, 0) is 23.8 Å². The Hall–Kier alpha value is -0.510. The zero-order valence-electron chi connectivity index (χ0n) is 8.92. The number of aliphatic hydroxyl groups excluding tert-OH is 1. The van der Waals surface area contributed by atoms with E-state index in [1.165, 1.54) is 6.20 Å². The predicted molar refractivity (Wildman–Crippen MR) is 75.6 cm³/mol. The minimum atomic E-state index is -0.183. The van der Waals surface area contributed by atoms with Crippen LogP contribution in [0.2, 0.25) is 20.1 Å². The van der Waals surface area contributed by atoms with Gasteiger partial charge in [0.25, 0.3) is 0 Å². The zero-order chi connectivity index (χ0) is 13.3. The summed E-state index contributed by atoms with van der Waals surface area (Å²) in [5, 5.41) is 10.8. The van der Waals surface area contributed by atoms with Gasteiger partial charge >= 0.3 is 0 Å². The van der Waals surface area contributed by atoms with Gasteiger partial charge in [0.05, 0.1) is 27.4 Å². The maximum Gasteiger partial charge on any atom is 0.0736 e. The van der Waals surface area contributed by atoms with Crippen molar-refractivity contribution in [1.29, 1.82) is 0 Å². The number of hydrogen-bond acceptors (Lipinski definition) is 2. The molecule has 0 unspecified atom stereocenters. The Labute approximate surface area is 124 Å². The van der Waals surface area contributed by atoms with E-state index in [0.717, 1.165) is 0 Å². The minimum Gasteiger partial charge on any atom is -0.392 e. The molecule has 0 aliphatic rings. The summed E-state index contributed by atoms with van der Waals surface area (Å²) < 4.78 is 0. The van der Waals surface area contributed by atoms with Crippen molar-refractivity contribution >= 4 is 46.4 Å². The second kappa shape index (κ2) is 5.64. The maximum atomic E-state index is 9.17. The molecule has 1 N–H and O–H groups in total. The monoisotopic (exact) mass is 321 g/mol. The molecular formula is C12H7Cl4NO. The fourth-order valence-corrected chi connectivity index (χ4v) is 2.70. The molecule has 6 heteroatoms. The molecule has 94 valence electrons. The summed E-state index contributed by atoms with van der Waals surface area (Å²) in [5.74, 6) is 0. The fourth-order valence-electron chi connectivity index (χ4n) is 1.53. The first-order chi connectivity index (χ1) is 8.52. The molecule has 0 aliphatic carbocycles. The van der Waals surface area contributed by atoms with Crippen LogP contribution in [0.5, 0.6) is 0 Å². The highest BCUT2D eigenvalue weighted by atomic mass is 35.5. The summed E-state index contributed by atoms with van der Waals surface area (Å²) >= 11 is 23.9. The Bertz CT molecular complexity index is 578. The molecule has 1 aromatic carbocycles. The summed E-state index contributed by atoms with van der Waals surface area (Å²) in [6.45, 7) is -0.183. The average molecular weight is 323 g/mol. The van der Waals surface area contributed by atoms with E-state index in [-0.39, 0.29) is 6.61 Å². The van der Waals surface area contributed by atoms with Gasteiger partial charge in [-0.1, -0.05) is 46.4 Å². The highest BCUT2D eigenvalue weighted by molar-refractivity contribution is 6.41. The van der Waals surface area contributed by atoms with E-state index in [2.05, 4.69) is 4.98 Å². The number of halogens is 4. The summed E-state index contributed by atoms with van der Waals surface area (Å²) in [5.41, 5.74) is 1.66. The molecule has 0 radical (unpaired) electrons. The van der Waals surface area contributed by atoms with E-state index in [9.17, 15) is 5.11 Å². The van der Waals surface area contributed by atoms with Gasteiger partial charge in [0.2, 0.25) is 0 Å². The lowest BCUT2D eigenvalue weighted by atomic mass is 10.1. The maximum absolute atomic E-state index is 9.17. The van der Waals surface area contributed by atoms with Crippen LogP contribution in [-0.2, 0) is 6.61 Å². The number of aliphatic hydroxyl groups is 1. The predicted octanol–water partition coefficient (Wildman–Crippen LogP) is 4.85. The summed E-state index contributed by atoms with van der Waals surface area (Å²) in [4.78, 5) is 4.15. The van der Waals surface area contributed by atoms with Crippen molar-refractivity contribution in [1.82, 2.24) is 4.98 Å². The van der Waals surface area contributed by atoms with Crippen LogP contribution in [0.3, 0.4) is 0 Å². The smallest absolute Gasteiger partial charge is 0.0736 e. The van der Waals surface area contributed by atoms with E-state index in [1.54, 1.807) is 18.2 Å². The lowest BCUT2D eigenvalue weighted by Gasteiger charge is -2.09. The van der Waals surface area contributed by atoms with Crippen molar-refractivity contribution in [2.45, 2.75) is 6.61 Å². The molecule has 0 saturated heterocycles. The van der Waals surface area contributed by atoms with Crippen LogP contribution < -0.4 is 0 Å². The van der Waals surface area contributed by atoms with Crippen LogP contribution in [0.25, 0.3) is 11.3 Å². The molecule has 1 heterocycles. The highest BCUT2D eigenvalue weighted by Crippen LogP contribution is 2.37. The largest absolute Gasteiger partial charge is 0.392 e. The standard InChI is InChI=1S/C12H7Cl4NO/c13-7-2-8(14)12(9(15)3-7)11-1-6(5-18)10(16)4-17-11/h1-4,18H,5H2. The van der Waals surface area contributed by atoms with Crippen molar-refractivity contribution in [3.05, 3.63) is 50.0 Å². The van der Waals surface area contributed by atoms with Gasteiger partial charge in [0.15, 0.2) is 0 Å². The average Bonchev–Trinajstić information content (AvgIpc) is 2.30. The first-order valence-electron chi connectivity index (χ1n) is 4.93. The Morgan fingerprint density at radius 2 is 1.56 bits per heavy atom. The number of hydrogen-bond donors (Lipinski definition) is 1. The van der Waals surface area contributed by atoms with Crippen LogP contribution in [0, 0.1) is 0 Å². The Morgan fingerprint density at radius 1 is 0.944 bits per heavy atom. The van der Waals surface area contributed by atoms with Crippen molar-refractivity contribution in [2.75, 3.05) is 0 Å². The zero-order valence-corrected chi connectivity index (χ0v) is 11.9. The molecule has 0 saturated carbocycles. The van der Waals surface area contributed by atoms with Gasteiger partial charge in [-0.15, -0.1) is 0 Å². The van der Waals surface area contributed by atoms with E-state index in [0.29, 0.717) is 36.9 Å². The SMILES string of the molecule is OCc1cc(-c2c(Cl)cc(Cl)cc2Cl)ncc1Cl. The van der Waals surface area contributed by atoms with Crippen molar-refractivity contribution in [2.24, 2.45) is 0 Å². The normalized spacial score (nSPS) is 10.7. The third kappa shape index (κ3) is 2.73. The fraction of sp³-hybridized carbons (Fsp3) is 0.0833. The van der Waals surface area contributed by atoms with Crippen LogP contribution >= 0.6 is 46.4 Å². The van der Waals surface area contributed by atoms with Gasteiger partial charge < -0.3 is 5.11 Å². The third-order valence-electron chi connectivity index (χ3n) is 2.37. The van der Waals surface area contributed by atoms with E-state index in [1.807, 2.05) is 0 Å². The van der Waals surface area contributed by atoms with Crippen molar-refractivity contribution in [3.63, 3.8) is 0 Å². The van der Waals surface area contributed by atoms with Crippen molar-refractivity contribution in [3.8, 4) is 11.3 Å². The van der Waals surface area contributed by atoms with Crippen LogP contribution in [0.4, 0.5) is 0 Å². The first kappa shape index (κ1) is 13.9. The lowest BCUT2D eigenvalue weighted by Crippen LogP contribution is -1.92. The number of rotatable bonds is 2. The van der Waals surface area contributed by atoms with E-state index < -0.39 is 0 Å². The Morgan fingerprint density at radius 3 is 2.11 bits per heavy atom. The molecule has 0 amide bonds. The van der Waals surface area contributed by atoms with Crippen LogP contribution in [0.15, 0.2) is 24.4 Å². The van der Waals surface area contributed by atoms with Gasteiger partial charge in [-0.2, -0.15) is 0 Å². The quantitative estimate of drug-likeness (QED) is 0.857. The molecule has 2 nitrogen and oxygen atoms in total. The number of benzene rings is 1. The van der Waals surface area contributed by atoms with Gasteiger partial charge in [-0.25, -0.2) is 0 Å². The molecule has 0 aliphatic heterocycles. The summed E-state index contributed by atoms with van der Waals surface area (Å²) in [7, 11) is 0. The molecule has 0 spiro atoms. The third-order valence-corrected chi connectivity index (χ3v) is 3.52.